The molecule has 0 saturated carbocycles. The van der Waals surface area contributed by atoms with E-state index in [2.05, 4.69) is 64.6 Å². The summed E-state index contributed by atoms with van der Waals surface area (Å²) in [5, 5.41) is 44.0. The summed E-state index contributed by atoms with van der Waals surface area (Å²) in [7, 11) is 0. The van der Waals surface area contributed by atoms with Crippen LogP contribution in [0.25, 0.3) is 11.1 Å². The number of nitriles is 2. The van der Waals surface area contributed by atoms with Gasteiger partial charge in [0.2, 0.25) is 0 Å². The van der Waals surface area contributed by atoms with Crippen LogP contribution >= 0.6 is 55.1 Å². The number of nitrogens with zero attached hydrogens (tertiary/aromatic N) is 4. The minimum atomic E-state index is -0.862. The van der Waals surface area contributed by atoms with Crippen molar-refractivity contribution in [2.24, 2.45) is 0 Å². The van der Waals surface area contributed by atoms with Crippen molar-refractivity contribution in [1.82, 2.24) is 20.6 Å². The Hall–Kier alpha value is -6.24. The quantitative estimate of drug-likeness (QED) is 0.0393. The third kappa shape index (κ3) is 14.9. The van der Waals surface area contributed by atoms with E-state index in [-0.39, 0.29) is 39.3 Å². The monoisotopic (exact) mass is 1080 g/mol. The van der Waals surface area contributed by atoms with Gasteiger partial charge in [-0.1, -0.05) is 59.6 Å². The lowest BCUT2D eigenvalue weighted by atomic mass is 10.0. The van der Waals surface area contributed by atoms with E-state index in [4.69, 9.17) is 52.4 Å². The normalized spacial score (nSPS) is 10.8. The first-order valence-electron chi connectivity index (χ1n) is 21.2. The van der Waals surface area contributed by atoms with Gasteiger partial charge in [-0.3, -0.25) is 19.6 Å². The van der Waals surface area contributed by atoms with Gasteiger partial charge >= 0.3 is 11.9 Å². The molecule has 0 aliphatic rings. The number of hydrogen-bond donors (Lipinski definition) is 4. The van der Waals surface area contributed by atoms with Gasteiger partial charge in [0.05, 0.1) is 21.2 Å². The number of carboxylic acid groups (broad SMARTS) is 2. The van der Waals surface area contributed by atoms with Crippen molar-refractivity contribution in [1.29, 1.82) is 10.5 Å². The van der Waals surface area contributed by atoms with E-state index in [1.54, 1.807) is 48.8 Å². The summed E-state index contributed by atoms with van der Waals surface area (Å²) in [5.41, 5.74) is 7.15. The van der Waals surface area contributed by atoms with Crippen LogP contribution < -0.4 is 29.6 Å². The average Bonchev–Trinajstić information content (AvgIpc) is 3.33. The molecule has 2 heterocycles. The van der Waals surface area contributed by atoms with Gasteiger partial charge in [-0.2, -0.15) is 10.5 Å². The van der Waals surface area contributed by atoms with Crippen LogP contribution in [0.5, 0.6) is 23.0 Å². The van der Waals surface area contributed by atoms with Gasteiger partial charge in [0.1, 0.15) is 61.6 Å². The predicted molar refractivity (Wildman–Crippen MR) is 263 cm³/mol. The van der Waals surface area contributed by atoms with Gasteiger partial charge in [0.25, 0.3) is 0 Å². The van der Waals surface area contributed by atoms with Crippen molar-refractivity contribution in [3.8, 4) is 46.3 Å². The van der Waals surface area contributed by atoms with E-state index in [1.807, 2.05) is 36.4 Å². The molecule has 0 aliphatic carbocycles. The largest absolute Gasteiger partial charge is 0.488 e. The molecule has 14 nitrogen and oxygen atoms in total. The Morgan fingerprint density at radius 1 is 0.574 bits per heavy atom. The number of benzene rings is 4. The summed E-state index contributed by atoms with van der Waals surface area (Å²) < 4.78 is 26.7. The second-order valence-corrected chi connectivity index (χ2v) is 17.6. The van der Waals surface area contributed by atoms with E-state index in [0.29, 0.717) is 94.3 Å². The predicted octanol–water partition coefficient (Wildman–Crippen LogP) is 10.9. The average molecular weight is 1090 g/mol. The molecular weight excluding hydrogens is 1040 g/mol. The summed E-state index contributed by atoms with van der Waals surface area (Å²) in [5.74, 6) is 0.0368. The first kappa shape index (κ1) is 51.2. The summed E-state index contributed by atoms with van der Waals surface area (Å²) in [4.78, 5) is 30.2. The van der Waals surface area contributed by atoms with Crippen molar-refractivity contribution in [2.45, 2.75) is 65.2 Å². The Morgan fingerprint density at radius 2 is 0.985 bits per heavy atom. The highest BCUT2D eigenvalue weighted by atomic mass is 79.9. The highest BCUT2D eigenvalue weighted by Crippen LogP contribution is 2.40. The molecule has 0 aliphatic heterocycles. The maximum atomic E-state index is 11.0. The molecular formula is C50H44Br2Cl2N6O8. The minimum absolute atomic E-state index is 0.0460. The third-order valence-electron chi connectivity index (χ3n) is 10.2. The number of pyridine rings is 2. The van der Waals surface area contributed by atoms with E-state index in [0.717, 1.165) is 42.3 Å². The molecule has 4 aromatic carbocycles. The fraction of sp³-hybridized carbons (Fsp3) is 0.240. The topological polar surface area (TPSA) is 209 Å². The minimum Gasteiger partial charge on any atom is -0.488 e. The number of hydrogen-bond acceptors (Lipinski definition) is 12. The number of aromatic nitrogens is 2. The lowest BCUT2D eigenvalue weighted by molar-refractivity contribution is -0.138. The summed E-state index contributed by atoms with van der Waals surface area (Å²) in [6.45, 7) is 2.23. The summed E-state index contributed by atoms with van der Waals surface area (Å²) in [6.07, 6.45) is 7.21. The Labute approximate surface area is 420 Å². The SMILES string of the molecule is N#Cc1cncc(COc2cc(OCc3cccc(-c4cccc(COc5cc(OCc6cncc(C#N)c6)c(CNCCCC(=O)O)cc5Cl)c4Br)c3Br)c(Cl)cc2CNCCCC(=O)O)c1. The second kappa shape index (κ2) is 25.8. The van der Waals surface area contributed by atoms with Crippen LogP contribution in [-0.2, 0) is 49.1 Å². The molecule has 0 amide bonds. The Bertz CT molecular complexity index is 2650. The summed E-state index contributed by atoms with van der Waals surface area (Å²) in [6, 6.07) is 26.3. The van der Waals surface area contributed by atoms with Crippen LogP contribution in [0, 0.1) is 22.7 Å². The fourth-order valence-electron chi connectivity index (χ4n) is 6.78. The number of ether oxygens (including phenoxy) is 4. The van der Waals surface area contributed by atoms with Crippen molar-refractivity contribution in [3.63, 3.8) is 0 Å². The molecule has 0 saturated heterocycles. The van der Waals surface area contributed by atoms with Gasteiger partial charge in [0.15, 0.2) is 0 Å². The number of carboxylic acids is 2. The van der Waals surface area contributed by atoms with Crippen LogP contribution in [0.2, 0.25) is 10.0 Å². The molecule has 6 aromatic rings. The van der Waals surface area contributed by atoms with Crippen molar-refractivity contribution in [3.05, 3.63) is 161 Å². The zero-order chi connectivity index (χ0) is 48.4. The molecule has 350 valence electrons. The Balaban J connectivity index is 1.17. The van der Waals surface area contributed by atoms with Gasteiger partial charge in [0, 0.05) is 105 Å². The zero-order valence-corrected chi connectivity index (χ0v) is 41.1. The molecule has 2 aromatic heterocycles. The maximum Gasteiger partial charge on any atom is 0.303 e. The molecule has 0 atom stereocenters. The van der Waals surface area contributed by atoms with Crippen molar-refractivity contribution < 1.29 is 38.7 Å². The Morgan fingerprint density at radius 3 is 1.38 bits per heavy atom. The third-order valence-corrected chi connectivity index (χ3v) is 12.7. The highest BCUT2D eigenvalue weighted by Gasteiger charge is 2.18. The molecule has 0 radical (unpaired) electrons. The molecule has 0 spiro atoms. The summed E-state index contributed by atoms with van der Waals surface area (Å²) >= 11 is 21.3. The van der Waals surface area contributed by atoms with Crippen LogP contribution in [0.1, 0.15) is 70.2 Å². The molecule has 0 bridgehead atoms. The van der Waals surface area contributed by atoms with E-state index in [1.165, 1.54) is 12.4 Å². The van der Waals surface area contributed by atoms with Gasteiger partial charge < -0.3 is 39.8 Å². The smallest absolute Gasteiger partial charge is 0.303 e. The van der Waals surface area contributed by atoms with Crippen molar-refractivity contribution in [2.75, 3.05) is 13.1 Å². The van der Waals surface area contributed by atoms with Crippen LogP contribution in [0.4, 0.5) is 0 Å². The molecule has 18 heteroatoms. The Kier molecular flexibility index (Phi) is 19.4. The number of nitrogens with one attached hydrogen (secondary N) is 2. The van der Waals surface area contributed by atoms with E-state index < -0.39 is 11.9 Å². The lowest BCUT2D eigenvalue weighted by Crippen LogP contribution is -2.16. The molecule has 68 heavy (non-hydrogen) atoms. The standard InChI is InChI=1S/C50H44Br2Cl2N6O8/c51-49-35(29-67-45-17-43(65-27-33-13-31(19-55)21-59-23-33)37(15-41(45)53)25-57-11-3-9-47(61)62)5-1-7-39(49)40-8-2-6-36(50(40)52)30-68-46-18-44(66-28-34-14-32(20-56)22-60-24-34)38(16-42(46)54)26-58-12-4-10-48(63)64/h1-2,5-8,13-18,21-24,57-58H,3-4,9-12,25-30H2,(H,61,62)(H,63,64). The molecule has 6 rings (SSSR count). The van der Waals surface area contributed by atoms with E-state index >= 15 is 0 Å². The van der Waals surface area contributed by atoms with Gasteiger partial charge in [-0.25, -0.2) is 0 Å². The van der Waals surface area contributed by atoms with Gasteiger partial charge in [-0.15, -0.1) is 0 Å². The highest BCUT2D eigenvalue weighted by molar-refractivity contribution is 9.11. The number of halogens is 4. The first-order chi connectivity index (χ1) is 32.9. The number of carbonyl (C=O) groups is 2. The first-order valence-corrected chi connectivity index (χ1v) is 23.5. The molecule has 0 fully saturated rings. The van der Waals surface area contributed by atoms with Crippen molar-refractivity contribution >= 4 is 67.0 Å². The molecule has 4 N–H and O–H groups in total. The maximum absolute atomic E-state index is 11.0. The zero-order valence-electron chi connectivity index (χ0n) is 36.4. The van der Waals surface area contributed by atoms with Crippen LogP contribution in [-0.4, -0.2) is 45.2 Å². The van der Waals surface area contributed by atoms with Gasteiger partial charge in [-0.05, 0) is 93.2 Å². The fourth-order valence-corrected chi connectivity index (χ4v) is 8.45. The second-order valence-electron chi connectivity index (χ2n) is 15.2. The molecule has 0 unspecified atom stereocenters. The number of aliphatic carboxylic acids is 2. The van der Waals surface area contributed by atoms with E-state index in [9.17, 15) is 20.1 Å². The van der Waals surface area contributed by atoms with Crippen LogP contribution in [0.15, 0.2) is 107 Å². The number of rotatable bonds is 25. The van der Waals surface area contributed by atoms with Crippen LogP contribution in [0.3, 0.4) is 0 Å². The lowest BCUT2D eigenvalue weighted by Gasteiger charge is -2.18.